The lowest BCUT2D eigenvalue weighted by Crippen LogP contribution is -2.32. The zero-order chi connectivity index (χ0) is 25.1. The van der Waals surface area contributed by atoms with E-state index in [-0.39, 0.29) is 0 Å². The summed E-state index contributed by atoms with van der Waals surface area (Å²) in [6, 6.07) is 6.87. The first-order valence-electron chi connectivity index (χ1n) is 11.7. The van der Waals surface area contributed by atoms with Crippen LogP contribution < -0.4 is 5.32 Å². The molecule has 184 valence electrons. The Kier molecular flexibility index (Phi) is 7.35. The van der Waals surface area contributed by atoms with Crippen molar-refractivity contribution in [1.29, 1.82) is 0 Å². The van der Waals surface area contributed by atoms with Gasteiger partial charge in [0.15, 0.2) is 6.10 Å². The third-order valence-electron chi connectivity index (χ3n) is 6.23. The van der Waals surface area contributed by atoms with E-state index in [4.69, 9.17) is 9.47 Å². The number of hydrogen-bond donors (Lipinski definition) is 2. The van der Waals surface area contributed by atoms with E-state index in [0.717, 1.165) is 58.9 Å². The number of rotatable bonds is 7. The van der Waals surface area contributed by atoms with Crippen LogP contribution in [0.25, 0.3) is 11.4 Å². The van der Waals surface area contributed by atoms with Gasteiger partial charge in [0.25, 0.3) is 5.91 Å². The Morgan fingerprint density at radius 2 is 1.83 bits per heavy atom. The van der Waals surface area contributed by atoms with E-state index in [1.54, 1.807) is 31.2 Å². The van der Waals surface area contributed by atoms with Gasteiger partial charge in [-0.3, -0.25) is 4.79 Å². The number of amides is 1. The highest BCUT2D eigenvalue weighted by Crippen LogP contribution is 2.38. The number of hydrogen-bond acceptors (Lipinski definition) is 7. The Morgan fingerprint density at radius 1 is 1.11 bits per heavy atom. The van der Waals surface area contributed by atoms with Gasteiger partial charge in [0.05, 0.1) is 23.9 Å². The topological polar surface area (TPSA) is 110 Å². The lowest BCUT2D eigenvalue weighted by molar-refractivity contribution is -0.124. The average molecular weight is 496 g/mol. The summed E-state index contributed by atoms with van der Waals surface area (Å²) < 4.78 is 10.5. The molecule has 2 aromatic heterocycles. The summed E-state index contributed by atoms with van der Waals surface area (Å²) in [5.74, 6) is -0.802. The number of aromatic nitrogens is 2. The number of fused-ring (bicyclic) bond motifs is 1. The molecule has 2 N–H and O–H groups in total. The molecule has 3 aromatic rings. The molecule has 1 unspecified atom stereocenters. The van der Waals surface area contributed by atoms with Crippen molar-refractivity contribution < 1.29 is 23.9 Å². The number of aromatic amines is 1. The minimum atomic E-state index is -0.998. The van der Waals surface area contributed by atoms with Crippen LogP contribution in [0, 0.1) is 13.8 Å². The van der Waals surface area contributed by atoms with E-state index in [2.05, 4.69) is 15.3 Å². The van der Waals surface area contributed by atoms with E-state index in [1.807, 2.05) is 13.8 Å². The smallest absolute Gasteiger partial charge is 0.341 e. The first kappa shape index (κ1) is 24.7. The highest BCUT2D eigenvalue weighted by atomic mass is 32.1. The number of benzene rings is 1. The van der Waals surface area contributed by atoms with Crippen LogP contribution in [0.15, 0.2) is 24.3 Å². The van der Waals surface area contributed by atoms with Gasteiger partial charge in [-0.25, -0.2) is 14.6 Å². The van der Waals surface area contributed by atoms with Crippen molar-refractivity contribution in [1.82, 2.24) is 9.97 Å². The highest BCUT2D eigenvalue weighted by Gasteiger charge is 2.29. The maximum atomic E-state index is 13.0. The summed E-state index contributed by atoms with van der Waals surface area (Å²) in [5.41, 5.74) is 4.46. The number of carbonyl (C=O) groups is 3. The Morgan fingerprint density at radius 3 is 2.46 bits per heavy atom. The SMILES string of the molecule is CCC(OC(=O)c1ccc(-c2nc(C)c(C)[nH]2)cc1)C(=O)Nc1sc2c(c1C(=O)OC)CCCC2. The monoisotopic (exact) mass is 495 g/mol. The van der Waals surface area contributed by atoms with Gasteiger partial charge in [0.1, 0.15) is 10.8 Å². The molecular weight excluding hydrogens is 466 g/mol. The van der Waals surface area contributed by atoms with Crippen molar-refractivity contribution in [3.05, 3.63) is 57.2 Å². The predicted molar refractivity (Wildman–Crippen MR) is 134 cm³/mol. The standard InChI is InChI=1S/C26H29N3O5S/c1-5-19(23(30)29-24-21(26(32)33-4)18-8-6-7-9-20(18)35-24)34-25(31)17-12-10-16(11-13-17)22-27-14(2)15(3)28-22/h10-13,19H,5-9H2,1-4H3,(H,27,28)(H,29,30). The van der Waals surface area contributed by atoms with Crippen molar-refractivity contribution in [3.63, 3.8) is 0 Å². The van der Waals surface area contributed by atoms with Gasteiger partial charge in [-0.2, -0.15) is 0 Å². The largest absolute Gasteiger partial charge is 0.465 e. The molecular formula is C26H29N3O5S. The lowest BCUT2D eigenvalue weighted by atomic mass is 9.95. The number of esters is 2. The molecule has 0 fully saturated rings. The summed E-state index contributed by atoms with van der Waals surface area (Å²) in [4.78, 5) is 47.0. The fourth-order valence-corrected chi connectivity index (χ4v) is 5.41. The molecule has 1 aromatic carbocycles. The van der Waals surface area contributed by atoms with Crippen LogP contribution in [-0.2, 0) is 27.1 Å². The molecule has 0 saturated heterocycles. The fraction of sp³-hybridized carbons (Fsp3) is 0.385. The van der Waals surface area contributed by atoms with Crippen molar-refractivity contribution in [2.45, 2.75) is 59.0 Å². The third-order valence-corrected chi connectivity index (χ3v) is 7.44. The molecule has 1 amide bonds. The van der Waals surface area contributed by atoms with Gasteiger partial charge >= 0.3 is 11.9 Å². The van der Waals surface area contributed by atoms with Crippen LogP contribution in [0.2, 0.25) is 0 Å². The summed E-state index contributed by atoms with van der Waals surface area (Å²) in [5, 5.41) is 3.27. The van der Waals surface area contributed by atoms with Crippen LogP contribution in [0.5, 0.6) is 0 Å². The average Bonchev–Trinajstić information content (AvgIpc) is 3.40. The van der Waals surface area contributed by atoms with Crippen LogP contribution >= 0.6 is 11.3 Å². The molecule has 35 heavy (non-hydrogen) atoms. The van der Waals surface area contributed by atoms with Crippen molar-refractivity contribution in [2.24, 2.45) is 0 Å². The van der Waals surface area contributed by atoms with Gasteiger partial charge in [0.2, 0.25) is 0 Å². The number of carbonyl (C=O) groups excluding carboxylic acids is 3. The molecule has 2 heterocycles. The number of aryl methyl sites for hydroxylation is 3. The van der Waals surface area contributed by atoms with Gasteiger partial charge < -0.3 is 19.8 Å². The van der Waals surface area contributed by atoms with E-state index < -0.39 is 23.9 Å². The second-order valence-corrected chi connectivity index (χ2v) is 9.68. The second-order valence-electron chi connectivity index (χ2n) is 8.57. The molecule has 0 aliphatic heterocycles. The Balaban J connectivity index is 1.47. The van der Waals surface area contributed by atoms with Gasteiger partial charge in [-0.1, -0.05) is 19.1 Å². The number of imidazole rings is 1. The number of H-pyrrole nitrogens is 1. The summed E-state index contributed by atoms with van der Waals surface area (Å²) in [6.45, 7) is 5.65. The molecule has 1 atom stereocenters. The molecule has 0 bridgehead atoms. The van der Waals surface area contributed by atoms with E-state index in [1.165, 1.54) is 18.4 Å². The number of nitrogens with one attached hydrogen (secondary N) is 2. The van der Waals surface area contributed by atoms with Crippen molar-refractivity contribution in [3.8, 4) is 11.4 Å². The van der Waals surface area contributed by atoms with Crippen molar-refractivity contribution in [2.75, 3.05) is 12.4 Å². The van der Waals surface area contributed by atoms with E-state index in [9.17, 15) is 14.4 Å². The molecule has 8 nitrogen and oxygen atoms in total. The number of nitrogens with zero attached hydrogens (tertiary/aromatic N) is 1. The van der Waals surface area contributed by atoms with Crippen molar-refractivity contribution >= 4 is 34.2 Å². The summed E-state index contributed by atoms with van der Waals surface area (Å²) in [7, 11) is 1.33. The second kappa shape index (κ2) is 10.4. The zero-order valence-electron chi connectivity index (χ0n) is 20.3. The Hall–Kier alpha value is -3.46. The minimum absolute atomic E-state index is 0.291. The molecule has 4 rings (SSSR count). The van der Waals surface area contributed by atoms with Crippen LogP contribution in [0.1, 0.15) is 68.7 Å². The third kappa shape index (κ3) is 5.14. The highest BCUT2D eigenvalue weighted by molar-refractivity contribution is 7.17. The summed E-state index contributed by atoms with van der Waals surface area (Å²) >= 11 is 1.40. The van der Waals surface area contributed by atoms with Gasteiger partial charge in [-0.15, -0.1) is 11.3 Å². The molecule has 1 aliphatic rings. The summed E-state index contributed by atoms with van der Waals surface area (Å²) in [6.07, 6.45) is 2.99. The minimum Gasteiger partial charge on any atom is -0.465 e. The molecule has 9 heteroatoms. The Labute approximate surface area is 208 Å². The zero-order valence-corrected chi connectivity index (χ0v) is 21.1. The maximum absolute atomic E-state index is 13.0. The quantitative estimate of drug-likeness (QED) is 0.447. The van der Waals surface area contributed by atoms with E-state index in [0.29, 0.717) is 22.5 Å². The normalized spacial score (nSPS) is 13.6. The Bertz CT molecular complexity index is 1240. The van der Waals surface area contributed by atoms with Gasteiger partial charge in [-0.05, 0) is 63.6 Å². The molecule has 0 saturated carbocycles. The maximum Gasteiger partial charge on any atom is 0.341 e. The number of anilines is 1. The van der Waals surface area contributed by atoms with Crippen LogP contribution in [0.4, 0.5) is 5.00 Å². The number of ether oxygens (including phenoxy) is 2. The first-order chi connectivity index (χ1) is 16.8. The number of thiophene rings is 1. The number of methoxy groups -OCH3 is 1. The first-order valence-corrected chi connectivity index (χ1v) is 12.5. The molecule has 0 radical (unpaired) electrons. The molecule has 0 spiro atoms. The predicted octanol–water partition coefficient (Wildman–Crippen LogP) is 4.99. The lowest BCUT2D eigenvalue weighted by Gasteiger charge is -2.16. The van der Waals surface area contributed by atoms with Crippen LogP contribution in [-0.4, -0.2) is 41.0 Å². The van der Waals surface area contributed by atoms with Gasteiger partial charge in [0, 0.05) is 16.1 Å². The molecule has 1 aliphatic carbocycles. The fourth-order valence-electron chi connectivity index (χ4n) is 4.13. The van der Waals surface area contributed by atoms with Crippen LogP contribution in [0.3, 0.4) is 0 Å². The van der Waals surface area contributed by atoms with E-state index >= 15 is 0 Å².